The molecular weight excluding hydrogens is 479 g/mol. The number of aryl methyl sites for hydroxylation is 2. The minimum Gasteiger partial charge on any atom is -0.493 e. The summed E-state index contributed by atoms with van der Waals surface area (Å²) in [6.07, 6.45) is 0.710. The number of carbonyl (C=O) groups is 1. The summed E-state index contributed by atoms with van der Waals surface area (Å²) in [6.45, 7) is -0.0389. The molecule has 0 fully saturated rings. The molecule has 8 nitrogen and oxygen atoms in total. The Morgan fingerprint density at radius 3 is 2.24 bits per heavy atom. The first-order valence-electron chi connectivity index (χ1n) is 11.5. The number of nitrogens with zero attached hydrogens (tertiary/aromatic N) is 2. The van der Waals surface area contributed by atoms with Gasteiger partial charge in [-0.2, -0.15) is 5.10 Å². The lowest BCUT2D eigenvalue weighted by atomic mass is 10.1. The number of halogens is 1. The average molecular weight is 507 g/mol. The number of carboxylic acid groups (broad SMARTS) is 1. The van der Waals surface area contributed by atoms with Gasteiger partial charge in [-0.3, -0.25) is 4.68 Å². The molecule has 0 radical (unpaired) electrons. The number of aliphatic carboxylic acids is 1. The van der Waals surface area contributed by atoms with Crippen molar-refractivity contribution in [2.45, 2.75) is 13.0 Å². The zero-order chi connectivity index (χ0) is 26.4. The van der Waals surface area contributed by atoms with Gasteiger partial charge >= 0.3 is 5.97 Å². The molecule has 4 aromatic rings. The predicted octanol–water partition coefficient (Wildman–Crippen LogP) is 5.09. The first-order chi connectivity index (χ1) is 17.9. The van der Waals surface area contributed by atoms with E-state index in [0.29, 0.717) is 35.7 Å². The van der Waals surface area contributed by atoms with Crippen molar-refractivity contribution in [3.05, 3.63) is 78.1 Å². The summed E-state index contributed by atoms with van der Waals surface area (Å²) in [5.74, 6) is -0.378. The maximum atomic E-state index is 13.7. The van der Waals surface area contributed by atoms with Gasteiger partial charge < -0.3 is 24.1 Å². The summed E-state index contributed by atoms with van der Waals surface area (Å²) < 4.78 is 37.8. The van der Waals surface area contributed by atoms with Crippen molar-refractivity contribution in [2.75, 3.05) is 27.9 Å². The van der Waals surface area contributed by atoms with E-state index >= 15 is 0 Å². The molecule has 0 aliphatic rings. The molecule has 1 heterocycles. The molecule has 0 bridgehead atoms. The maximum absolute atomic E-state index is 13.7. The molecule has 0 saturated carbocycles. The van der Waals surface area contributed by atoms with Crippen LogP contribution in [0, 0.1) is 5.82 Å². The molecule has 0 saturated heterocycles. The number of benzene rings is 3. The Morgan fingerprint density at radius 1 is 0.919 bits per heavy atom. The first kappa shape index (κ1) is 25.6. The molecule has 0 spiro atoms. The SMILES string of the molecule is COc1cc(OCC(=O)O)c(-c2cc(-c3ccc(F)cc3)n(CCc3ccccc3)n2)c(OC)c1OC. The minimum absolute atomic E-state index is 0.204. The van der Waals surface area contributed by atoms with E-state index in [-0.39, 0.29) is 17.3 Å². The van der Waals surface area contributed by atoms with Crippen LogP contribution in [-0.4, -0.2) is 48.8 Å². The van der Waals surface area contributed by atoms with Gasteiger partial charge in [0.15, 0.2) is 18.1 Å². The zero-order valence-electron chi connectivity index (χ0n) is 20.7. The third-order valence-corrected chi connectivity index (χ3v) is 5.78. The molecule has 0 aliphatic carbocycles. The largest absolute Gasteiger partial charge is 0.493 e. The number of aromatic nitrogens is 2. The normalized spacial score (nSPS) is 10.7. The van der Waals surface area contributed by atoms with Crippen LogP contribution in [0.4, 0.5) is 4.39 Å². The van der Waals surface area contributed by atoms with E-state index in [4.69, 9.17) is 24.0 Å². The van der Waals surface area contributed by atoms with Crippen molar-refractivity contribution >= 4 is 5.97 Å². The van der Waals surface area contributed by atoms with E-state index < -0.39 is 12.6 Å². The quantitative estimate of drug-likeness (QED) is 0.303. The van der Waals surface area contributed by atoms with E-state index in [2.05, 4.69) is 0 Å². The summed E-state index contributed by atoms with van der Waals surface area (Å²) >= 11 is 0. The van der Waals surface area contributed by atoms with E-state index in [1.807, 2.05) is 41.1 Å². The molecule has 9 heteroatoms. The Labute approximate surface area is 213 Å². The van der Waals surface area contributed by atoms with Crippen molar-refractivity contribution in [3.63, 3.8) is 0 Å². The minimum atomic E-state index is -1.14. The van der Waals surface area contributed by atoms with Crippen LogP contribution < -0.4 is 18.9 Å². The number of ether oxygens (including phenoxy) is 4. The van der Waals surface area contributed by atoms with Crippen LogP contribution in [-0.2, 0) is 17.8 Å². The second kappa shape index (κ2) is 11.5. The lowest BCUT2D eigenvalue weighted by Crippen LogP contribution is -2.11. The Morgan fingerprint density at radius 2 is 1.62 bits per heavy atom. The van der Waals surface area contributed by atoms with Crippen LogP contribution in [0.2, 0.25) is 0 Å². The highest BCUT2D eigenvalue weighted by atomic mass is 19.1. The molecule has 0 atom stereocenters. The van der Waals surface area contributed by atoms with Crippen molar-refractivity contribution in [3.8, 4) is 45.5 Å². The van der Waals surface area contributed by atoms with Crippen LogP contribution in [0.3, 0.4) is 0 Å². The van der Waals surface area contributed by atoms with Crippen LogP contribution in [0.25, 0.3) is 22.5 Å². The van der Waals surface area contributed by atoms with E-state index in [0.717, 1.165) is 16.8 Å². The molecule has 0 amide bonds. The second-order valence-corrected chi connectivity index (χ2v) is 8.08. The van der Waals surface area contributed by atoms with E-state index in [9.17, 15) is 14.3 Å². The Bertz CT molecular complexity index is 1370. The molecule has 3 aromatic carbocycles. The summed E-state index contributed by atoms with van der Waals surface area (Å²) in [6, 6.07) is 19.5. The topological polar surface area (TPSA) is 92.0 Å². The standard InChI is InChI=1S/C28H27FN2O6/c1-34-24-16-23(37-17-25(32)33)26(28(36-3)27(24)35-2)21-15-22(19-9-11-20(29)12-10-19)31(30-21)14-13-18-7-5-4-6-8-18/h4-12,15-16H,13-14,17H2,1-3H3,(H,32,33). The van der Waals surface area contributed by atoms with Crippen LogP contribution in [0.15, 0.2) is 66.7 Å². The van der Waals surface area contributed by atoms with Gasteiger partial charge in [-0.25, -0.2) is 9.18 Å². The van der Waals surface area contributed by atoms with E-state index in [1.54, 1.807) is 18.2 Å². The lowest BCUT2D eigenvalue weighted by Gasteiger charge is -2.18. The molecule has 192 valence electrons. The summed E-state index contributed by atoms with van der Waals surface area (Å²) in [5, 5.41) is 14.1. The van der Waals surface area contributed by atoms with Gasteiger partial charge in [0, 0.05) is 18.2 Å². The van der Waals surface area contributed by atoms with Gasteiger partial charge in [0.25, 0.3) is 0 Å². The number of hydrogen-bond donors (Lipinski definition) is 1. The first-order valence-corrected chi connectivity index (χ1v) is 11.5. The highest BCUT2D eigenvalue weighted by molar-refractivity contribution is 5.83. The molecule has 0 aliphatic heterocycles. The third kappa shape index (κ3) is 5.66. The fraction of sp³-hybridized carbons (Fsp3) is 0.214. The van der Waals surface area contributed by atoms with Gasteiger partial charge in [-0.15, -0.1) is 0 Å². The van der Waals surface area contributed by atoms with Gasteiger partial charge in [-0.1, -0.05) is 30.3 Å². The predicted molar refractivity (Wildman–Crippen MR) is 136 cm³/mol. The van der Waals surface area contributed by atoms with Crippen LogP contribution in [0.1, 0.15) is 5.56 Å². The highest BCUT2D eigenvalue weighted by Gasteiger charge is 2.26. The smallest absolute Gasteiger partial charge is 0.341 e. The highest BCUT2D eigenvalue weighted by Crippen LogP contribution is 2.50. The fourth-order valence-electron chi connectivity index (χ4n) is 4.07. The zero-order valence-corrected chi connectivity index (χ0v) is 20.7. The van der Waals surface area contributed by atoms with Crippen LogP contribution >= 0.6 is 0 Å². The Balaban J connectivity index is 1.88. The van der Waals surface area contributed by atoms with Crippen LogP contribution in [0.5, 0.6) is 23.0 Å². The summed E-state index contributed by atoms with van der Waals surface area (Å²) in [5.41, 5.74) is 3.51. The fourth-order valence-corrected chi connectivity index (χ4v) is 4.07. The number of rotatable bonds is 11. The molecule has 0 unspecified atom stereocenters. The monoisotopic (exact) mass is 506 g/mol. The number of hydrogen-bond acceptors (Lipinski definition) is 6. The molecule has 37 heavy (non-hydrogen) atoms. The van der Waals surface area contributed by atoms with Gasteiger partial charge in [-0.05, 0) is 42.3 Å². The van der Waals surface area contributed by atoms with Crippen molar-refractivity contribution < 1.29 is 33.2 Å². The molecule has 4 rings (SSSR count). The lowest BCUT2D eigenvalue weighted by molar-refractivity contribution is -0.139. The van der Waals surface area contributed by atoms with E-state index in [1.165, 1.54) is 33.5 Å². The van der Waals surface area contributed by atoms with Gasteiger partial charge in [0.1, 0.15) is 17.3 Å². The van der Waals surface area contributed by atoms with Crippen molar-refractivity contribution in [1.82, 2.24) is 9.78 Å². The van der Waals surface area contributed by atoms with Crippen molar-refractivity contribution in [1.29, 1.82) is 0 Å². The Hall–Kier alpha value is -4.53. The number of methoxy groups -OCH3 is 3. The van der Waals surface area contributed by atoms with Gasteiger partial charge in [0.05, 0.1) is 32.6 Å². The second-order valence-electron chi connectivity index (χ2n) is 8.08. The average Bonchev–Trinajstić information content (AvgIpc) is 3.34. The third-order valence-electron chi connectivity index (χ3n) is 5.78. The molecule has 1 N–H and O–H groups in total. The van der Waals surface area contributed by atoms with Crippen molar-refractivity contribution in [2.24, 2.45) is 0 Å². The molecular formula is C28H27FN2O6. The number of carboxylic acids is 1. The molecule has 1 aromatic heterocycles. The maximum Gasteiger partial charge on any atom is 0.341 e. The summed E-state index contributed by atoms with van der Waals surface area (Å²) in [7, 11) is 4.41. The summed E-state index contributed by atoms with van der Waals surface area (Å²) in [4.78, 5) is 11.3. The Kier molecular flexibility index (Phi) is 7.92. The van der Waals surface area contributed by atoms with Gasteiger partial charge in [0.2, 0.25) is 5.75 Å².